The SMILES string of the molecule is C[C@H](CO)N1C(=O)[C@@H]2[C@@H]3C(=O)OCCCC/C=C\[C@]3(C)O[C@@]23C=CCN(Cn2nnc4ccccc42)C(=O)C13. The van der Waals surface area contributed by atoms with Crippen LogP contribution in [0.2, 0.25) is 0 Å². The van der Waals surface area contributed by atoms with Crippen molar-refractivity contribution in [2.75, 3.05) is 19.8 Å². The molecule has 1 unspecified atom stereocenters. The lowest BCUT2D eigenvalue weighted by atomic mass is 9.74. The highest BCUT2D eigenvalue weighted by Crippen LogP contribution is 2.57. The van der Waals surface area contributed by atoms with Crippen molar-refractivity contribution < 1.29 is 29.0 Å². The van der Waals surface area contributed by atoms with Gasteiger partial charge in [0.15, 0.2) is 0 Å². The van der Waals surface area contributed by atoms with E-state index in [0.717, 1.165) is 24.8 Å². The third kappa shape index (κ3) is 3.89. The third-order valence-corrected chi connectivity index (χ3v) is 8.49. The molecule has 6 atom stereocenters. The second kappa shape index (κ2) is 9.56. The molecule has 4 aliphatic rings. The van der Waals surface area contributed by atoms with Crippen LogP contribution in [-0.4, -0.2) is 90.7 Å². The highest BCUT2D eigenvalue weighted by atomic mass is 16.6. The summed E-state index contributed by atoms with van der Waals surface area (Å²) < 4.78 is 14.0. The van der Waals surface area contributed by atoms with Crippen molar-refractivity contribution in [3.63, 3.8) is 0 Å². The molecule has 0 aliphatic carbocycles. The minimum absolute atomic E-state index is 0.110. The van der Waals surface area contributed by atoms with Gasteiger partial charge in [-0.05, 0) is 45.2 Å². The summed E-state index contributed by atoms with van der Waals surface area (Å²) in [4.78, 5) is 45.0. The Morgan fingerprint density at radius 3 is 2.74 bits per heavy atom. The molecule has 1 N–H and O–H groups in total. The first-order chi connectivity index (χ1) is 18.8. The Morgan fingerprint density at radius 2 is 1.92 bits per heavy atom. The Kier molecular flexibility index (Phi) is 6.30. The first-order valence-electron chi connectivity index (χ1n) is 13.5. The fourth-order valence-electron chi connectivity index (χ4n) is 6.66. The van der Waals surface area contributed by atoms with Crippen molar-refractivity contribution in [2.45, 2.75) is 63.1 Å². The van der Waals surface area contributed by atoms with Gasteiger partial charge in [0.2, 0.25) is 5.91 Å². The van der Waals surface area contributed by atoms with Crippen molar-refractivity contribution in [3.8, 4) is 0 Å². The number of rotatable bonds is 4. The molecule has 2 fully saturated rings. The highest BCUT2D eigenvalue weighted by Gasteiger charge is 2.75. The highest BCUT2D eigenvalue weighted by molar-refractivity contribution is 5.99. The van der Waals surface area contributed by atoms with Gasteiger partial charge in [-0.15, -0.1) is 5.10 Å². The molecule has 5 heterocycles. The molecule has 11 nitrogen and oxygen atoms in total. The lowest BCUT2D eigenvalue weighted by Crippen LogP contribution is -2.58. The van der Waals surface area contributed by atoms with Crippen LogP contribution in [0.5, 0.6) is 0 Å². The zero-order valence-electron chi connectivity index (χ0n) is 22.1. The molecule has 2 amide bonds. The maximum atomic E-state index is 14.4. The molecule has 6 rings (SSSR count). The van der Waals surface area contributed by atoms with Crippen LogP contribution in [0.4, 0.5) is 0 Å². The molecule has 1 aromatic carbocycles. The Morgan fingerprint density at radius 1 is 1.10 bits per heavy atom. The summed E-state index contributed by atoms with van der Waals surface area (Å²) in [6.07, 6.45) is 9.82. The molecule has 0 bridgehead atoms. The van der Waals surface area contributed by atoms with E-state index in [1.807, 2.05) is 42.5 Å². The molecule has 0 radical (unpaired) electrons. The number of aliphatic hydroxyl groups is 1. The van der Waals surface area contributed by atoms with Gasteiger partial charge in [-0.3, -0.25) is 14.4 Å². The third-order valence-electron chi connectivity index (χ3n) is 8.49. The normalized spacial score (nSPS) is 34.3. The number of nitrogens with zero attached hydrogens (tertiary/aromatic N) is 5. The van der Waals surface area contributed by atoms with E-state index < -0.39 is 47.0 Å². The van der Waals surface area contributed by atoms with Crippen molar-refractivity contribution in [1.29, 1.82) is 0 Å². The summed E-state index contributed by atoms with van der Waals surface area (Å²) in [5, 5.41) is 18.5. The van der Waals surface area contributed by atoms with Crippen molar-refractivity contribution in [1.82, 2.24) is 24.8 Å². The molecular weight excluding hydrogens is 502 g/mol. The number of ether oxygens (including phenoxy) is 2. The molecule has 2 aromatic rings. The van der Waals surface area contributed by atoms with Gasteiger partial charge in [0, 0.05) is 6.54 Å². The second-order valence-corrected chi connectivity index (χ2v) is 11.0. The maximum Gasteiger partial charge on any atom is 0.313 e. The first kappa shape index (κ1) is 25.7. The number of benzene rings is 1. The zero-order valence-corrected chi connectivity index (χ0v) is 22.1. The summed E-state index contributed by atoms with van der Waals surface area (Å²) in [5.74, 6) is -3.18. The van der Waals surface area contributed by atoms with Gasteiger partial charge >= 0.3 is 5.97 Å². The van der Waals surface area contributed by atoms with Crippen LogP contribution in [0.15, 0.2) is 48.6 Å². The van der Waals surface area contributed by atoms with E-state index in [1.165, 1.54) is 4.90 Å². The molecule has 2 saturated heterocycles. The molecule has 4 aliphatic heterocycles. The number of aliphatic hydroxyl groups excluding tert-OH is 1. The van der Waals surface area contributed by atoms with Crippen LogP contribution < -0.4 is 0 Å². The summed E-state index contributed by atoms with van der Waals surface area (Å²) in [5.41, 5.74) is -1.08. The van der Waals surface area contributed by atoms with E-state index in [9.17, 15) is 19.5 Å². The lowest BCUT2D eigenvalue weighted by Gasteiger charge is -2.39. The minimum Gasteiger partial charge on any atom is -0.465 e. The molecular formula is C28H33N5O6. The summed E-state index contributed by atoms with van der Waals surface area (Å²) in [6.45, 7) is 3.76. The van der Waals surface area contributed by atoms with Crippen LogP contribution in [0, 0.1) is 11.8 Å². The van der Waals surface area contributed by atoms with Gasteiger partial charge in [-0.1, -0.05) is 41.7 Å². The average molecular weight is 536 g/mol. The number of hydrogen-bond donors (Lipinski definition) is 1. The fourth-order valence-corrected chi connectivity index (χ4v) is 6.66. The van der Waals surface area contributed by atoms with Crippen LogP contribution in [-0.2, 0) is 30.5 Å². The number of cyclic esters (lactones) is 1. The molecule has 206 valence electrons. The van der Waals surface area contributed by atoms with E-state index in [0.29, 0.717) is 5.52 Å². The number of likely N-dealkylation sites (tertiary alicyclic amines) is 1. The van der Waals surface area contributed by atoms with Gasteiger partial charge in [0.1, 0.15) is 29.7 Å². The quantitative estimate of drug-likeness (QED) is 0.460. The van der Waals surface area contributed by atoms with E-state index in [1.54, 1.807) is 29.5 Å². The van der Waals surface area contributed by atoms with Gasteiger partial charge < -0.3 is 24.4 Å². The fraction of sp³-hybridized carbons (Fsp3) is 0.536. The largest absolute Gasteiger partial charge is 0.465 e. The Hall–Kier alpha value is -3.57. The molecule has 0 saturated carbocycles. The van der Waals surface area contributed by atoms with Crippen LogP contribution in [0.3, 0.4) is 0 Å². The monoisotopic (exact) mass is 535 g/mol. The van der Waals surface area contributed by atoms with Crippen LogP contribution in [0.25, 0.3) is 11.0 Å². The van der Waals surface area contributed by atoms with E-state index in [-0.39, 0.29) is 32.3 Å². The van der Waals surface area contributed by atoms with Crippen LogP contribution >= 0.6 is 0 Å². The molecule has 1 spiro atoms. The number of amides is 2. The Balaban J connectivity index is 1.44. The zero-order chi connectivity index (χ0) is 27.4. The van der Waals surface area contributed by atoms with Gasteiger partial charge in [0.25, 0.3) is 5.91 Å². The van der Waals surface area contributed by atoms with Crippen molar-refractivity contribution >= 4 is 28.8 Å². The number of carbonyl (C=O) groups excluding carboxylic acids is 3. The first-order valence-corrected chi connectivity index (χ1v) is 13.5. The molecule has 1 aromatic heterocycles. The predicted molar refractivity (Wildman–Crippen MR) is 139 cm³/mol. The second-order valence-electron chi connectivity index (χ2n) is 11.0. The maximum absolute atomic E-state index is 14.4. The summed E-state index contributed by atoms with van der Waals surface area (Å²) in [7, 11) is 0. The van der Waals surface area contributed by atoms with Gasteiger partial charge in [-0.25, -0.2) is 4.68 Å². The summed E-state index contributed by atoms with van der Waals surface area (Å²) in [6, 6.07) is 5.72. The van der Waals surface area contributed by atoms with E-state index in [4.69, 9.17) is 9.47 Å². The van der Waals surface area contributed by atoms with E-state index in [2.05, 4.69) is 10.3 Å². The average Bonchev–Trinajstić information content (AvgIpc) is 3.49. The number of allylic oxidation sites excluding steroid dienone is 1. The minimum atomic E-state index is -1.41. The Bertz CT molecular complexity index is 1370. The smallest absolute Gasteiger partial charge is 0.313 e. The number of hydrogen-bond acceptors (Lipinski definition) is 8. The summed E-state index contributed by atoms with van der Waals surface area (Å²) >= 11 is 0. The number of aromatic nitrogens is 3. The lowest BCUT2D eigenvalue weighted by molar-refractivity contribution is -0.161. The molecule has 11 heteroatoms. The number of carbonyl (C=O) groups is 3. The van der Waals surface area contributed by atoms with Crippen molar-refractivity contribution in [3.05, 3.63) is 48.6 Å². The number of para-hydroxylation sites is 1. The topological polar surface area (TPSA) is 127 Å². The standard InChI is InChI=1S/C28H33N5O6/c1-18(16-34)33-23-25(36)31(17-32-20-11-6-5-10-19(20)29-30-32)14-9-13-28(23)21(24(33)35)22-26(37)38-15-8-4-3-7-12-27(22,2)39-28/h5-7,9-13,18,21-23,34H,3-4,8,14-17H2,1-2H3/b12-7-/t18-,21+,22-,23?,27+,28+/m1/s1. The van der Waals surface area contributed by atoms with Crippen LogP contribution in [0.1, 0.15) is 33.1 Å². The Labute approximate surface area is 226 Å². The van der Waals surface area contributed by atoms with Gasteiger partial charge in [0.05, 0.1) is 36.3 Å². The predicted octanol–water partition coefficient (Wildman–Crippen LogP) is 1.42. The van der Waals surface area contributed by atoms with Gasteiger partial charge in [-0.2, -0.15) is 0 Å². The van der Waals surface area contributed by atoms with E-state index >= 15 is 0 Å². The number of esters is 1. The van der Waals surface area contributed by atoms with Crippen molar-refractivity contribution in [2.24, 2.45) is 11.8 Å². The number of fused-ring (bicyclic) bond motifs is 3. The molecule has 39 heavy (non-hydrogen) atoms.